The molecule has 0 spiro atoms. The normalized spacial score (nSPS) is 24.4. The van der Waals surface area contributed by atoms with Crippen LogP contribution in [0.5, 0.6) is 5.75 Å². The number of carbonyl (C=O) groups excluding carboxylic acids is 2. The molecule has 3 saturated carbocycles. The summed E-state index contributed by atoms with van der Waals surface area (Å²) in [6.07, 6.45) is 14.6. The first-order valence-corrected chi connectivity index (χ1v) is 18.5. The van der Waals surface area contributed by atoms with Gasteiger partial charge in [0, 0.05) is 31.8 Å². The highest BCUT2D eigenvalue weighted by atomic mass is 16.5. The van der Waals surface area contributed by atoms with Gasteiger partial charge in [-0.05, 0) is 137 Å². The zero-order valence-electron chi connectivity index (χ0n) is 29.5. The van der Waals surface area contributed by atoms with Crippen molar-refractivity contribution in [3.8, 4) is 5.75 Å². The molecule has 5 unspecified atom stereocenters. The van der Waals surface area contributed by atoms with Crippen LogP contribution in [0.25, 0.3) is 0 Å². The Labute approximate surface area is 294 Å². The van der Waals surface area contributed by atoms with Crippen molar-refractivity contribution in [2.45, 2.75) is 116 Å². The lowest BCUT2D eigenvalue weighted by Crippen LogP contribution is -2.53. The number of aromatic hydroxyl groups is 1. The van der Waals surface area contributed by atoms with Gasteiger partial charge in [0.05, 0.1) is 6.04 Å². The summed E-state index contributed by atoms with van der Waals surface area (Å²) in [5.74, 6) is 4.69. The summed E-state index contributed by atoms with van der Waals surface area (Å²) in [5.41, 5.74) is 20.6. The van der Waals surface area contributed by atoms with E-state index in [0.717, 1.165) is 46.8 Å². The highest BCUT2D eigenvalue weighted by Gasteiger charge is 2.45. The molecule has 3 aromatic rings. The van der Waals surface area contributed by atoms with Crippen molar-refractivity contribution in [3.63, 3.8) is 0 Å². The van der Waals surface area contributed by atoms with E-state index in [-0.39, 0.29) is 18.1 Å². The van der Waals surface area contributed by atoms with E-state index in [1.54, 1.807) is 29.1 Å². The molecule has 2 amide bonds. The summed E-state index contributed by atoms with van der Waals surface area (Å²) in [6, 6.07) is 0.963. The minimum Gasteiger partial charge on any atom is -0.508 e. The number of fused-ring (bicyclic) bond motifs is 2. The molecular formula is C37H55N9O4. The zero-order chi connectivity index (χ0) is 35.4. The van der Waals surface area contributed by atoms with E-state index in [1.807, 2.05) is 13.8 Å². The van der Waals surface area contributed by atoms with Crippen LogP contribution in [0, 0.1) is 43.4 Å². The molecule has 3 aliphatic rings. The van der Waals surface area contributed by atoms with Crippen LogP contribution in [-0.4, -0.2) is 55.2 Å². The van der Waals surface area contributed by atoms with Crippen molar-refractivity contribution >= 4 is 17.8 Å². The highest BCUT2D eigenvalue weighted by molar-refractivity contribution is 5.90. The van der Waals surface area contributed by atoms with Crippen molar-refractivity contribution in [1.82, 2.24) is 30.3 Å². The Morgan fingerprint density at radius 3 is 2.56 bits per heavy atom. The number of anilines is 1. The van der Waals surface area contributed by atoms with Gasteiger partial charge in [-0.3, -0.25) is 9.59 Å². The molecule has 50 heavy (non-hydrogen) atoms. The van der Waals surface area contributed by atoms with Gasteiger partial charge in [0.15, 0.2) is 11.8 Å². The maximum Gasteiger partial charge on any atom is 0.249 e. The van der Waals surface area contributed by atoms with Crippen molar-refractivity contribution < 1.29 is 19.2 Å². The molecule has 272 valence electrons. The van der Waals surface area contributed by atoms with Gasteiger partial charge in [-0.15, -0.1) is 0 Å². The monoisotopic (exact) mass is 689 g/mol. The Morgan fingerprint density at radius 2 is 1.82 bits per heavy atom. The van der Waals surface area contributed by atoms with E-state index in [1.165, 1.54) is 38.5 Å². The second-order valence-electron chi connectivity index (χ2n) is 15.2. The van der Waals surface area contributed by atoms with E-state index in [0.29, 0.717) is 62.4 Å². The molecule has 3 fully saturated rings. The molecule has 1 aromatic carbocycles. The summed E-state index contributed by atoms with van der Waals surface area (Å²) < 4.78 is 7.62. The molecule has 3 bridgehead atoms. The number of nitrogens with two attached hydrogens (primary N) is 3. The SMILES string of the molecule is Cc1cc(O)cc(C)c1C[C@H](NC(=O)[C@H](N)CCCn1ccnc1N)C(=O)N[C@@H](CCCN)c1nc(CC2CC3CC4CCC2C(C4)C3)no1. The molecule has 0 radical (unpaired) electrons. The minimum absolute atomic E-state index is 0.146. The number of hydrogen-bond donors (Lipinski definition) is 6. The first kappa shape index (κ1) is 35.8. The van der Waals surface area contributed by atoms with Crippen molar-refractivity contribution in [2.75, 3.05) is 12.3 Å². The molecule has 9 N–H and O–H groups in total. The number of phenols is 1. The van der Waals surface area contributed by atoms with Crippen LogP contribution < -0.4 is 27.8 Å². The second kappa shape index (κ2) is 15.9. The number of hydrogen-bond acceptors (Lipinski definition) is 10. The average molecular weight is 690 g/mol. The summed E-state index contributed by atoms with van der Waals surface area (Å²) in [4.78, 5) is 36.4. The maximum absolute atomic E-state index is 14.1. The Bertz CT molecular complexity index is 1590. The average Bonchev–Trinajstić information content (AvgIpc) is 3.71. The third kappa shape index (κ3) is 8.48. The zero-order valence-corrected chi connectivity index (χ0v) is 29.5. The maximum atomic E-state index is 14.1. The second-order valence-corrected chi connectivity index (χ2v) is 15.2. The number of nitrogen functional groups attached to an aromatic ring is 1. The highest BCUT2D eigenvalue weighted by Crippen LogP contribution is 2.55. The van der Waals surface area contributed by atoms with E-state index in [4.69, 9.17) is 26.7 Å². The first-order chi connectivity index (χ1) is 24.1. The Kier molecular flexibility index (Phi) is 11.4. The van der Waals surface area contributed by atoms with Gasteiger partial charge in [0.1, 0.15) is 17.8 Å². The van der Waals surface area contributed by atoms with Crippen LogP contribution in [0.4, 0.5) is 5.95 Å². The minimum atomic E-state index is -0.945. The predicted molar refractivity (Wildman–Crippen MR) is 189 cm³/mol. The van der Waals surface area contributed by atoms with Gasteiger partial charge < -0.3 is 42.0 Å². The lowest BCUT2D eigenvalue weighted by Gasteiger charge is -2.52. The third-order valence-electron chi connectivity index (χ3n) is 11.7. The summed E-state index contributed by atoms with van der Waals surface area (Å²) in [5, 5.41) is 20.6. The largest absolute Gasteiger partial charge is 0.508 e. The molecule has 8 atom stereocenters. The number of benzene rings is 1. The number of carbonyl (C=O) groups is 2. The smallest absolute Gasteiger partial charge is 0.249 e. The van der Waals surface area contributed by atoms with Crippen molar-refractivity contribution in [2.24, 2.45) is 41.1 Å². The quantitative estimate of drug-likeness (QED) is 0.129. The molecular weight excluding hydrogens is 634 g/mol. The molecule has 0 saturated heterocycles. The third-order valence-corrected chi connectivity index (χ3v) is 11.7. The molecule has 2 heterocycles. The Morgan fingerprint density at radius 1 is 1.04 bits per heavy atom. The summed E-state index contributed by atoms with van der Waals surface area (Å²) in [7, 11) is 0. The van der Waals surface area contributed by atoms with Crippen LogP contribution >= 0.6 is 0 Å². The number of phenolic OH excluding ortho intramolecular Hbond substituents is 1. The fourth-order valence-electron chi connectivity index (χ4n) is 9.22. The van der Waals surface area contributed by atoms with Crippen LogP contribution in [0.2, 0.25) is 0 Å². The number of imidazole rings is 1. The van der Waals surface area contributed by atoms with Gasteiger partial charge >= 0.3 is 0 Å². The van der Waals surface area contributed by atoms with Gasteiger partial charge in [-0.2, -0.15) is 4.98 Å². The summed E-state index contributed by atoms with van der Waals surface area (Å²) >= 11 is 0. The van der Waals surface area contributed by atoms with Gasteiger partial charge in [0.2, 0.25) is 17.7 Å². The number of nitrogens with one attached hydrogen (secondary N) is 2. The van der Waals surface area contributed by atoms with Crippen LogP contribution in [-0.2, 0) is 29.0 Å². The van der Waals surface area contributed by atoms with Crippen LogP contribution in [0.3, 0.4) is 0 Å². The van der Waals surface area contributed by atoms with E-state index in [2.05, 4.69) is 20.8 Å². The number of amides is 2. The van der Waals surface area contributed by atoms with Crippen LogP contribution in [0.15, 0.2) is 29.0 Å². The molecule has 13 nitrogen and oxygen atoms in total. The van der Waals surface area contributed by atoms with E-state index >= 15 is 0 Å². The Hall–Kier alpha value is -3.97. The fraction of sp³-hybridized carbons (Fsp3) is 0.649. The number of nitrogens with zero attached hydrogens (tertiary/aromatic N) is 4. The lowest BCUT2D eigenvalue weighted by molar-refractivity contribution is -0.130. The molecule has 13 heteroatoms. The number of rotatable bonds is 16. The van der Waals surface area contributed by atoms with E-state index < -0.39 is 24.0 Å². The molecule has 0 aliphatic heterocycles. The standard InChI is InChI=1S/C37H55N9O4/c1-21-13-27(47)14-22(2)29(21)20-32(43-34(48)30(39)5-4-11-46-12-10-41-37(46)40)35(49)42-31(6-3-9-38)36-44-33(45-50-36)19-26-18-24-15-23-7-8-28(26)25(16-23)17-24/h10,12-14,23-26,28,30-32,47H,3-9,11,15-20,38-39H2,1-2H3,(H2,40,41)(H,42,49)(H,43,48)/t23?,24?,25?,26?,28?,30-,31+,32+/m1/s1. The van der Waals surface area contributed by atoms with E-state index in [9.17, 15) is 14.7 Å². The predicted octanol–water partition coefficient (Wildman–Crippen LogP) is 3.61. The van der Waals surface area contributed by atoms with Crippen LogP contribution in [0.1, 0.15) is 98.7 Å². The van der Waals surface area contributed by atoms with Crippen molar-refractivity contribution in [1.29, 1.82) is 0 Å². The fourth-order valence-corrected chi connectivity index (χ4v) is 9.22. The summed E-state index contributed by atoms with van der Waals surface area (Å²) in [6.45, 7) is 4.76. The molecule has 2 aromatic heterocycles. The molecule has 6 rings (SSSR count). The Balaban J connectivity index is 1.15. The lowest BCUT2D eigenvalue weighted by atomic mass is 9.54. The first-order valence-electron chi connectivity index (χ1n) is 18.5. The number of aryl methyl sites for hydroxylation is 3. The van der Waals surface area contributed by atoms with Crippen molar-refractivity contribution in [3.05, 3.63) is 52.9 Å². The van der Waals surface area contributed by atoms with Gasteiger partial charge in [-0.1, -0.05) is 11.6 Å². The van der Waals surface area contributed by atoms with Gasteiger partial charge in [0.25, 0.3) is 0 Å². The molecule has 3 aliphatic carbocycles. The number of aromatic nitrogens is 4. The van der Waals surface area contributed by atoms with Gasteiger partial charge in [-0.25, -0.2) is 4.98 Å². The topological polar surface area (TPSA) is 213 Å².